The van der Waals surface area contributed by atoms with Gasteiger partial charge in [0.25, 0.3) is 0 Å². The lowest BCUT2D eigenvalue weighted by Gasteiger charge is -2.37. The number of likely N-dealkylation sites (N-methyl/N-ethyl adjacent to an activating group) is 1. The van der Waals surface area contributed by atoms with E-state index in [1.807, 2.05) is 14.0 Å². The highest BCUT2D eigenvalue weighted by atomic mass is 19.2. The lowest BCUT2D eigenvalue weighted by molar-refractivity contribution is -0.0288. The molecular formula is C16H23F2NO. The quantitative estimate of drug-likeness (QED) is 0.829. The average molecular weight is 283 g/mol. The molecule has 1 aliphatic carbocycles. The molecule has 0 bridgehead atoms. The van der Waals surface area contributed by atoms with E-state index in [-0.39, 0.29) is 0 Å². The van der Waals surface area contributed by atoms with Gasteiger partial charge in [-0.25, -0.2) is 8.78 Å². The van der Waals surface area contributed by atoms with Crippen molar-refractivity contribution >= 4 is 0 Å². The van der Waals surface area contributed by atoms with E-state index in [0.717, 1.165) is 37.9 Å². The molecule has 112 valence electrons. The van der Waals surface area contributed by atoms with Crippen molar-refractivity contribution in [2.75, 3.05) is 13.7 Å². The predicted octanol–water partition coefficient (Wildman–Crippen LogP) is 3.30. The summed E-state index contributed by atoms with van der Waals surface area (Å²) in [5.41, 5.74) is 0.837. The molecule has 20 heavy (non-hydrogen) atoms. The van der Waals surface area contributed by atoms with Crippen LogP contribution < -0.4 is 5.32 Å². The highest BCUT2D eigenvalue weighted by molar-refractivity contribution is 5.18. The third kappa shape index (κ3) is 4.00. The normalized spacial score (nSPS) is 23.4. The van der Waals surface area contributed by atoms with E-state index < -0.39 is 11.6 Å². The van der Waals surface area contributed by atoms with Crippen LogP contribution in [-0.2, 0) is 11.2 Å². The highest BCUT2D eigenvalue weighted by Gasteiger charge is 2.31. The molecule has 1 saturated carbocycles. The lowest BCUT2D eigenvalue weighted by Crippen LogP contribution is -2.38. The van der Waals surface area contributed by atoms with Crippen molar-refractivity contribution in [3.05, 3.63) is 35.4 Å². The zero-order valence-electron chi connectivity index (χ0n) is 12.2. The van der Waals surface area contributed by atoms with Gasteiger partial charge < -0.3 is 10.1 Å². The second-order valence-corrected chi connectivity index (χ2v) is 5.59. The van der Waals surface area contributed by atoms with Crippen LogP contribution in [0.5, 0.6) is 0 Å². The van der Waals surface area contributed by atoms with E-state index in [2.05, 4.69) is 5.32 Å². The fraction of sp³-hybridized carbons (Fsp3) is 0.625. The van der Waals surface area contributed by atoms with Crippen LogP contribution in [0, 0.1) is 17.6 Å². The molecule has 1 aliphatic rings. The number of hydrogen-bond acceptors (Lipinski definition) is 2. The van der Waals surface area contributed by atoms with Gasteiger partial charge in [0, 0.05) is 12.6 Å². The molecule has 0 heterocycles. The molecule has 0 spiro atoms. The monoisotopic (exact) mass is 283 g/mol. The number of nitrogens with one attached hydrogen (secondary N) is 1. The highest BCUT2D eigenvalue weighted by Crippen LogP contribution is 2.34. The van der Waals surface area contributed by atoms with Crippen LogP contribution in [-0.4, -0.2) is 25.8 Å². The summed E-state index contributed by atoms with van der Waals surface area (Å²) < 4.78 is 31.7. The van der Waals surface area contributed by atoms with Crippen molar-refractivity contribution in [3.63, 3.8) is 0 Å². The summed E-state index contributed by atoms with van der Waals surface area (Å²) in [5, 5.41) is 3.27. The van der Waals surface area contributed by atoms with Gasteiger partial charge in [0.15, 0.2) is 11.6 Å². The summed E-state index contributed by atoms with van der Waals surface area (Å²) in [6.45, 7) is 2.80. The standard InChI is InChI=1S/C16H23F2NO/c1-3-20-14-8-12(9-14)7-13(19-2)6-11-4-5-15(17)16(18)10-11/h4-5,10,12-14,19H,3,6-9H2,1-2H3. The minimum atomic E-state index is -0.784. The molecule has 1 unspecified atom stereocenters. The first-order valence-electron chi connectivity index (χ1n) is 7.35. The molecule has 1 atom stereocenters. The second-order valence-electron chi connectivity index (χ2n) is 5.59. The molecular weight excluding hydrogens is 260 g/mol. The van der Waals surface area contributed by atoms with E-state index in [0.29, 0.717) is 18.1 Å². The zero-order valence-corrected chi connectivity index (χ0v) is 12.2. The van der Waals surface area contributed by atoms with Gasteiger partial charge in [-0.2, -0.15) is 0 Å². The largest absolute Gasteiger partial charge is 0.378 e. The number of halogens is 2. The Morgan fingerprint density at radius 2 is 2.05 bits per heavy atom. The van der Waals surface area contributed by atoms with Crippen LogP contribution in [0.15, 0.2) is 18.2 Å². The third-order valence-corrected chi connectivity index (χ3v) is 4.09. The number of benzene rings is 1. The summed E-state index contributed by atoms with van der Waals surface area (Å²) in [5.74, 6) is -0.875. The third-order valence-electron chi connectivity index (χ3n) is 4.09. The van der Waals surface area contributed by atoms with Gasteiger partial charge in [-0.15, -0.1) is 0 Å². The maximum absolute atomic E-state index is 13.2. The first-order chi connectivity index (χ1) is 9.62. The molecule has 1 aromatic rings. The molecule has 1 fully saturated rings. The first kappa shape index (κ1) is 15.4. The van der Waals surface area contributed by atoms with Gasteiger partial charge in [-0.05, 0) is 63.3 Å². The first-order valence-corrected chi connectivity index (χ1v) is 7.35. The van der Waals surface area contributed by atoms with Crippen molar-refractivity contribution < 1.29 is 13.5 Å². The van der Waals surface area contributed by atoms with Crippen molar-refractivity contribution in [2.45, 2.75) is 44.8 Å². The van der Waals surface area contributed by atoms with Gasteiger partial charge in [-0.1, -0.05) is 6.07 Å². The molecule has 0 saturated heterocycles. The maximum atomic E-state index is 13.2. The van der Waals surface area contributed by atoms with Gasteiger partial charge in [0.1, 0.15) is 0 Å². The van der Waals surface area contributed by atoms with Crippen LogP contribution in [0.4, 0.5) is 8.78 Å². The molecule has 2 nitrogen and oxygen atoms in total. The van der Waals surface area contributed by atoms with Gasteiger partial charge in [0.2, 0.25) is 0 Å². The van der Waals surface area contributed by atoms with Crippen LogP contribution >= 0.6 is 0 Å². The Bertz CT molecular complexity index is 432. The summed E-state index contributed by atoms with van der Waals surface area (Å²) in [6, 6.07) is 4.45. The van der Waals surface area contributed by atoms with E-state index in [4.69, 9.17) is 4.74 Å². The Balaban J connectivity index is 1.82. The molecule has 1 aromatic carbocycles. The molecule has 0 radical (unpaired) electrons. The van der Waals surface area contributed by atoms with Crippen LogP contribution in [0.1, 0.15) is 31.7 Å². The maximum Gasteiger partial charge on any atom is 0.159 e. The molecule has 0 aromatic heterocycles. The summed E-state index contributed by atoms with van der Waals surface area (Å²) >= 11 is 0. The van der Waals surface area contributed by atoms with Crippen molar-refractivity contribution in [1.29, 1.82) is 0 Å². The van der Waals surface area contributed by atoms with Crippen molar-refractivity contribution in [3.8, 4) is 0 Å². The summed E-state index contributed by atoms with van der Waals surface area (Å²) in [6.07, 6.45) is 4.43. The van der Waals surface area contributed by atoms with Gasteiger partial charge >= 0.3 is 0 Å². The lowest BCUT2D eigenvalue weighted by atomic mass is 9.77. The van der Waals surface area contributed by atoms with Crippen LogP contribution in [0.3, 0.4) is 0 Å². The van der Waals surface area contributed by atoms with E-state index in [9.17, 15) is 8.78 Å². The summed E-state index contributed by atoms with van der Waals surface area (Å²) in [4.78, 5) is 0. The van der Waals surface area contributed by atoms with Crippen molar-refractivity contribution in [2.24, 2.45) is 5.92 Å². The fourth-order valence-corrected chi connectivity index (χ4v) is 2.90. The minimum Gasteiger partial charge on any atom is -0.378 e. The SMILES string of the molecule is CCOC1CC(CC(Cc2ccc(F)c(F)c2)NC)C1. The summed E-state index contributed by atoms with van der Waals surface area (Å²) in [7, 11) is 1.92. The number of hydrogen-bond donors (Lipinski definition) is 1. The molecule has 4 heteroatoms. The zero-order chi connectivity index (χ0) is 14.5. The number of rotatable bonds is 7. The van der Waals surface area contributed by atoms with Gasteiger partial charge in [0.05, 0.1) is 6.10 Å². The van der Waals surface area contributed by atoms with E-state index in [1.54, 1.807) is 6.07 Å². The Morgan fingerprint density at radius 1 is 1.30 bits per heavy atom. The smallest absolute Gasteiger partial charge is 0.159 e. The Kier molecular flexibility index (Phi) is 5.49. The Morgan fingerprint density at radius 3 is 2.65 bits per heavy atom. The van der Waals surface area contributed by atoms with Gasteiger partial charge in [-0.3, -0.25) is 0 Å². The van der Waals surface area contributed by atoms with Crippen LogP contribution in [0.25, 0.3) is 0 Å². The average Bonchev–Trinajstić information content (AvgIpc) is 2.39. The van der Waals surface area contributed by atoms with E-state index >= 15 is 0 Å². The fourth-order valence-electron chi connectivity index (χ4n) is 2.90. The Labute approximate surface area is 119 Å². The minimum absolute atomic E-state index is 0.299. The molecule has 0 aliphatic heterocycles. The van der Waals surface area contributed by atoms with E-state index in [1.165, 1.54) is 12.1 Å². The second kappa shape index (κ2) is 7.14. The van der Waals surface area contributed by atoms with Crippen molar-refractivity contribution in [1.82, 2.24) is 5.32 Å². The number of ether oxygens (including phenoxy) is 1. The van der Waals surface area contributed by atoms with Crippen LogP contribution in [0.2, 0.25) is 0 Å². The molecule has 2 rings (SSSR count). The topological polar surface area (TPSA) is 21.3 Å². The predicted molar refractivity (Wildman–Crippen MR) is 75.7 cm³/mol. The Hall–Kier alpha value is -1.00. The molecule has 0 amide bonds. The molecule has 1 N–H and O–H groups in total.